The summed E-state index contributed by atoms with van der Waals surface area (Å²) in [5.41, 5.74) is 6.70. The topological polar surface area (TPSA) is 93.8 Å². The molecule has 0 aliphatic carbocycles. The number of carbonyl (C=O) groups excluding carboxylic acids is 1. The number of amides is 1. The molecule has 0 radical (unpaired) electrons. The Balaban J connectivity index is 1.44. The normalized spacial score (nSPS) is 16.4. The molecule has 0 saturated carbocycles. The predicted molar refractivity (Wildman–Crippen MR) is 143 cm³/mol. The van der Waals surface area contributed by atoms with Gasteiger partial charge in [0.2, 0.25) is 5.91 Å². The van der Waals surface area contributed by atoms with E-state index in [9.17, 15) is 4.79 Å². The summed E-state index contributed by atoms with van der Waals surface area (Å²) in [5.74, 6) is 2.31. The predicted octanol–water partition coefficient (Wildman–Crippen LogP) is 4.71. The van der Waals surface area contributed by atoms with Crippen molar-refractivity contribution in [2.75, 3.05) is 33.7 Å². The van der Waals surface area contributed by atoms with Crippen molar-refractivity contribution in [1.29, 1.82) is 0 Å². The van der Waals surface area contributed by atoms with Crippen LogP contribution in [0.3, 0.4) is 0 Å². The standard InChI is InChI=1S/C28H35N7O/c1-17(2)25-22-14-20(8-9-23(22)30-26(25)19-10-11-29-18(3)13-19)27-31-28(33-32-27)21-7-6-12-35(15-21)24(36)16-34(4)5/h8-11,13-14,17,21,30H,6-7,12,15-16H2,1-5H3,(H,31,32,33). The van der Waals surface area contributed by atoms with Crippen molar-refractivity contribution < 1.29 is 4.79 Å². The van der Waals surface area contributed by atoms with Crippen LogP contribution in [0.15, 0.2) is 36.5 Å². The summed E-state index contributed by atoms with van der Waals surface area (Å²) in [4.78, 5) is 27.9. The quantitative estimate of drug-likeness (QED) is 0.412. The number of likely N-dealkylation sites (N-methyl/N-ethyl adjacent to an activating group) is 1. The first kappa shape index (κ1) is 24.2. The van der Waals surface area contributed by atoms with Crippen LogP contribution < -0.4 is 0 Å². The number of H-pyrrole nitrogens is 2. The number of hydrogen-bond donors (Lipinski definition) is 2. The van der Waals surface area contributed by atoms with E-state index in [0.29, 0.717) is 19.0 Å². The van der Waals surface area contributed by atoms with Crippen LogP contribution in [-0.4, -0.2) is 74.6 Å². The molecule has 188 valence electrons. The molecule has 1 aromatic carbocycles. The van der Waals surface area contributed by atoms with Gasteiger partial charge in [-0.3, -0.25) is 9.78 Å². The zero-order chi connectivity index (χ0) is 25.4. The summed E-state index contributed by atoms with van der Waals surface area (Å²) in [5, 5.41) is 10.2. The lowest BCUT2D eigenvalue weighted by molar-refractivity contribution is -0.133. The molecule has 8 nitrogen and oxygen atoms in total. The van der Waals surface area contributed by atoms with Gasteiger partial charge in [-0.05, 0) is 75.7 Å². The van der Waals surface area contributed by atoms with E-state index in [0.717, 1.165) is 59.1 Å². The molecular formula is C28H35N7O. The lowest BCUT2D eigenvalue weighted by Gasteiger charge is -2.32. The van der Waals surface area contributed by atoms with Crippen molar-refractivity contribution in [3.8, 4) is 22.6 Å². The number of hydrogen-bond acceptors (Lipinski definition) is 5. The average molecular weight is 486 g/mol. The number of benzene rings is 1. The van der Waals surface area contributed by atoms with Gasteiger partial charge in [0.05, 0.1) is 12.2 Å². The van der Waals surface area contributed by atoms with Crippen LogP contribution in [0.25, 0.3) is 33.5 Å². The van der Waals surface area contributed by atoms with Crippen molar-refractivity contribution in [2.24, 2.45) is 0 Å². The second-order valence-corrected chi connectivity index (χ2v) is 10.5. The average Bonchev–Trinajstić information content (AvgIpc) is 3.49. The molecule has 1 saturated heterocycles. The maximum atomic E-state index is 12.6. The van der Waals surface area contributed by atoms with Gasteiger partial charge in [0, 0.05) is 52.9 Å². The summed E-state index contributed by atoms with van der Waals surface area (Å²) in [6.45, 7) is 8.41. The van der Waals surface area contributed by atoms with Gasteiger partial charge in [0.25, 0.3) is 0 Å². The molecule has 0 spiro atoms. The molecule has 1 fully saturated rings. The Morgan fingerprint density at radius 2 is 1.97 bits per heavy atom. The minimum Gasteiger partial charge on any atom is -0.354 e. The van der Waals surface area contributed by atoms with Gasteiger partial charge in [-0.15, -0.1) is 10.2 Å². The van der Waals surface area contributed by atoms with Crippen molar-refractivity contribution >= 4 is 16.8 Å². The highest BCUT2D eigenvalue weighted by Crippen LogP contribution is 2.37. The number of aryl methyl sites for hydroxylation is 1. The van der Waals surface area contributed by atoms with Gasteiger partial charge in [0.1, 0.15) is 5.82 Å². The molecule has 1 amide bonds. The summed E-state index contributed by atoms with van der Waals surface area (Å²) < 4.78 is 0. The number of aromatic nitrogens is 5. The van der Waals surface area contributed by atoms with E-state index in [2.05, 4.69) is 69.3 Å². The largest absolute Gasteiger partial charge is 0.354 e. The van der Waals surface area contributed by atoms with Crippen LogP contribution in [0, 0.1) is 6.92 Å². The van der Waals surface area contributed by atoms with Crippen molar-refractivity contribution in [3.63, 3.8) is 0 Å². The molecule has 1 aliphatic rings. The molecule has 5 rings (SSSR count). The number of aromatic amines is 2. The van der Waals surface area contributed by atoms with E-state index in [1.54, 1.807) is 0 Å². The molecule has 4 heterocycles. The van der Waals surface area contributed by atoms with Crippen LogP contribution in [0.2, 0.25) is 0 Å². The van der Waals surface area contributed by atoms with Gasteiger partial charge in [-0.25, -0.2) is 0 Å². The number of nitrogens with zero attached hydrogens (tertiary/aromatic N) is 5. The van der Waals surface area contributed by atoms with Gasteiger partial charge in [-0.1, -0.05) is 13.8 Å². The first-order chi connectivity index (χ1) is 17.3. The fraction of sp³-hybridized carbons (Fsp3) is 0.429. The SMILES string of the molecule is Cc1cc(-c2[nH]c3ccc(-c4nnc(C5CCCN(C(=O)CN(C)C)C5)[nH]4)cc3c2C(C)C)ccn1. The van der Waals surface area contributed by atoms with E-state index in [1.807, 2.05) is 37.0 Å². The molecule has 1 atom stereocenters. The van der Waals surface area contributed by atoms with Crippen molar-refractivity contribution in [2.45, 2.75) is 45.4 Å². The Morgan fingerprint density at radius 1 is 1.14 bits per heavy atom. The van der Waals surface area contributed by atoms with Crippen LogP contribution >= 0.6 is 0 Å². The van der Waals surface area contributed by atoms with E-state index < -0.39 is 0 Å². The number of nitrogens with one attached hydrogen (secondary N) is 2. The van der Waals surface area contributed by atoms with E-state index in [1.165, 1.54) is 10.9 Å². The van der Waals surface area contributed by atoms with Gasteiger partial charge in [-0.2, -0.15) is 0 Å². The third-order valence-electron chi connectivity index (χ3n) is 6.99. The van der Waals surface area contributed by atoms with Crippen LogP contribution in [0.5, 0.6) is 0 Å². The number of piperidine rings is 1. The Bertz CT molecular complexity index is 1380. The molecule has 2 N–H and O–H groups in total. The van der Waals surface area contributed by atoms with Crippen LogP contribution in [-0.2, 0) is 4.79 Å². The van der Waals surface area contributed by atoms with E-state index >= 15 is 0 Å². The van der Waals surface area contributed by atoms with E-state index in [4.69, 9.17) is 0 Å². The fourth-order valence-electron chi connectivity index (χ4n) is 5.27. The Kier molecular flexibility index (Phi) is 6.62. The molecule has 3 aromatic heterocycles. The summed E-state index contributed by atoms with van der Waals surface area (Å²) in [6.07, 6.45) is 3.84. The number of likely N-dealkylation sites (tertiary alicyclic amines) is 1. The van der Waals surface area contributed by atoms with Crippen molar-refractivity contribution in [1.82, 2.24) is 34.9 Å². The maximum absolute atomic E-state index is 12.6. The zero-order valence-corrected chi connectivity index (χ0v) is 21.8. The summed E-state index contributed by atoms with van der Waals surface area (Å²) in [6, 6.07) is 10.6. The zero-order valence-electron chi connectivity index (χ0n) is 21.8. The highest BCUT2D eigenvalue weighted by atomic mass is 16.2. The maximum Gasteiger partial charge on any atom is 0.236 e. The minimum atomic E-state index is 0.170. The third kappa shape index (κ3) is 4.78. The molecule has 1 aliphatic heterocycles. The first-order valence-electron chi connectivity index (χ1n) is 12.7. The second-order valence-electron chi connectivity index (χ2n) is 10.5. The molecule has 0 bridgehead atoms. The number of carbonyl (C=O) groups is 1. The Labute approximate surface area is 212 Å². The van der Waals surface area contributed by atoms with Gasteiger partial charge < -0.3 is 19.8 Å². The summed E-state index contributed by atoms with van der Waals surface area (Å²) in [7, 11) is 3.85. The van der Waals surface area contributed by atoms with Gasteiger partial charge in [0.15, 0.2) is 5.82 Å². The van der Waals surface area contributed by atoms with Crippen molar-refractivity contribution in [3.05, 3.63) is 53.6 Å². The Hall–Kier alpha value is -3.52. The number of pyridine rings is 1. The Morgan fingerprint density at radius 3 is 2.72 bits per heavy atom. The van der Waals surface area contributed by atoms with Crippen LogP contribution in [0.4, 0.5) is 0 Å². The smallest absolute Gasteiger partial charge is 0.236 e. The molecule has 4 aromatic rings. The molecule has 36 heavy (non-hydrogen) atoms. The number of rotatable bonds is 6. The lowest BCUT2D eigenvalue weighted by Crippen LogP contribution is -2.43. The highest BCUT2D eigenvalue weighted by molar-refractivity contribution is 5.93. The minimum absolute atomic E-state index is 0.170. The summed E-state index contributed by atoms with van der Waals surface area (Å²) >= 11 is 0. The third-order valence-corrected chi connectivity index (χ3v) is 6.99. The molecule has 1 unspecified atom stereocenters. The van der Waals surface area contributed by atoms with E-state index in [-0.39, 0.29) is 11.8 Å². The monoisotopic (exact) mass is 485 g/mol. The number of fused-ring (bicyclic) bond motifs is 1. The molecular weight excluding hydrogens is 450 g/mol. The highest BCUT2D eigenvalue weighted by Gasteiger charge is 2.27. The first-order valence-corrected chi connectivity index (χ1v) is 12.7. The second kappa shape index (κ2) is 9.85. The lowest BCUT2D eigenvalue weighted by atomic mass is 9.95. The van der Waals surface area contributed by atoms with Crippen LogP contribution in [0.1, 0.15) is 55.6 Å². The fourth-order valence-corrected chi connectivity index (χ4v) is 5.27. The molecule has 8 heteroatoms. The van der Waals surface area contributed by atoms with Gasteiger partial charge >= 0.3 is 0 Å².